The Morgan fingerprint density at radius 2 is 1.92 bits per heavy atom. The number of aromatic nitrogens is 2. The Bertz CT molecular complexity index is 1130. The summed E-state index contributed by atoms with van der Waals surface area (Å²) in [6.45, 7) is 6.48. The van der Waals surface area contributed by atoms with Gasteiger partial charge in [-0.05, 0) is 44.0 Å². The maximum absolute atomic E-state index is 14.0. The average molecular weight is 508 g/mol. The fraction of sp³-hybridized carbons (Fsp3) is 0.519. The van der Waals surface area contributed by atoms with Gasteiger partial charge in [-0.2, -0.15) is 0 Å². The third kappa shape index (κ3) is 5.04. The van der Waals surface area contributed by atoms with Crippen LogP contribution in [0.25, 0.3) is 0 Å². The maximum Gasteiger partial charge on any atom is 0.531 e. The fourth-order valence-electron chi connectivity index (χ4n) is 6.13. The minimum atomic E-state index is -2.11. The van der Waals surface area contributed by atoms with E-state index in [1.807, 2.05) is 44.3 Å². The summed E-state index contributed by atoms with van der Waals surface area (Å²) in [5.74, 6) is -0.944. The Morgan fingerprint density at radius 1 is 1.19 bits per heavy atom. The molecule has 6 atom stereocenters. The minimum Gasteiger partial charge on any atom is -0.610 e. The molecule has 0 spiro atoms. The fourth-order valence-corrected chi connectivity index (χ4v) is 6.13. The Kier molecular flexibility index (Phi) is 7.80. The van der Waals surface area contributed by atoms with Gasteiger partial charge in [-0.1, -0.05) is 50.6 Å². The molecule has 3 heterocycles. The highest BCUT2D eigenvalue weighted by Crippen LogP contribution is 2.50. The van der Waals surface area contributed by atoms with Gasteiger partial charge < -0.3 is 19.0 Å². The molecule has 1 aromatic heterocycles. The number of carbonyl (C=O) groups is 3. The smallest absolute Gasteiger partial charge is 0.531 e. The third-order valence-corrected chi connectivity index (χ3v) is 8.37. The van der Waals surface area contributed by atoms with E-state index in [0.717, 1.165) is 5.56 Å². The van der Waals surface area contributed by atoms with Crippen LogP contribution < -0.4 is 5.32 Å². The van der Waals surface area contributed by atoms with E-state index in [1.165, 1.54) is 18.6 Å². The number of nitrogens with zero attached hydrogens (tertiary/aromatic N) is 3. The van der Waals surface area contributed by atoms with Gasteiger partial charge in [-0.15, -0.1) is 0 Å². The average Bonchev–Trinajstić information content (AvgIpc) is 3.25. The molecule has 0 radical (unpaired) electrons. The summed E-state index contributed by atoms with van der Waals surface area (Å²) < 4.78 is 12.8. The number of carbonyl (C=O) groups excluding carboxylic acids is 3. The molecule has 0 saturated carbocycles. The summed E-state index contributed by atoms with van der Waals surface area (Å²) in [4.78, 5) is 47.8. The van der Waals surface area contributed by atoms with Gasteiger partial charge in [0.25, 0.3) is 5.91 Å². The molecule has 2 unspecified atom stereocenters. The highest BCUT2D eigenvalue weighted by Gasteiger charge is 2.70. The molecule has 2 aromatic rings. The van der Waals surface area contributed by atoms with Gasteiger partial charge in [0, 0.05) is 19.4 Å². The molecule has 37 heavy (non-hydrogen) atoms. The molecular formula is C27H37BN4O5. The maximum atomic E-state index is 14.0. The SMILES string of the molecule is CC(C)C[C@H](CC(=O)[C@H](Cc1ccccc1)NC(=O)c1cnccn1)[B-]12OC[C@H](C)[N+]1(C)[C@@H](C)C(=O)O2. The van der Waals surface area contributed by atoms with E-state index in [-0.39, 0.29) is 47.7 Å². The third-order valence-electron chi connectivity index (χ3n) is 8.37. The summed E-state index contributed by atoms with van der Waals surface area (Å²) in [7, 11) is 2.02. The predicted molar refractivity (Wildman–Crippen MR) is 139 cm³/mol. The van der Waals surface area contributed by atoms with E-state index >= 15 is 0 Å². The van der Waals surface area contributed by atoms with Gasteiger partial charge >= 0.3 is 12.7 Å². The quantitative estimate of drug-likeness (QED) is 0.492. The zero-order valence-electron chi connectivity index (χ0n) is 22.3. The molecule has 2 fully saturated rings. The van der Waals surface area contributed by atoms with Crippen molar-refractivity contribution < 1.29 is 28.1 Å². The second-order valence-corrected chi connectivity index (χ2v) is 11.1. The largest absolute Gasteiger partial charge is 0.610 e. The molecule has 2 aliphatic heterocycles. The molecule has 4 rings (SSSR count). The van der Waals surface area contributed by atoms with E-state index in [0.29, 0.717) is 23.8 Å². The first-order valence-electron chi connectivity index (χ1n) is 13.1. The Labute approximate surface area is 218 Å². The summed E-state index contributed by atoms with van der Waals surface area (Å²) in [6, 6.07) is 8.47. The molecule has 1 amide bonds. The standard InChI is InChI=1S/C27H37BN4O5/c1-18(2)13-22(28-32(5,19(3)17-36-28)20(4)27(35)37-28)15-25(33)23(14-21-9-7-6-8-10-21)31-26(34)24-16-29-11-12-30-24/h6-12,16,18-20,22-23H,13-15,17H2,1-5H3,(H,31,34)/t19-,20-,22+,23-,28?,32?/m0/s1. The predicted octanol–water partition coefficient (Wildman–Crippen LogP) is 2.94. The van der Waals surface area contributed by atoms with Gasteiger partial charge in [-0.25, -0.2) is 9.78 Å². The van der Waals surface area contributed by atoms with E-state index in [2.05, 4.69) is 36.1 Å². The molecule has 2 aliphatic rings. The van der Waals surface area contributed by atoms with Crippen molar-refractivity contribution >= 4 is 24.3 Å². The monoisotopic (exact) mass is 508 g/mol. The number of hydrogen-bond donors (Lipinski definition) is 1. The van der Waals surface area contributed by atoms with Crippen molar-refractivity contribution in [2.45, 2.75) is 70.9 Å². The molecule has 1 aromatic carbocycles. The van der Waals surface area contributed by atoms with Crippen molar-refractivity contribution in [1.82, 2.24) is 15.3 Å². The summed E-state index contributed by atoms with van der Waals surface area (Å²) in [6.07, 6.45) is 5.41. The van der Waals surface area contributed by atoms with E-state index in [1.54, 1.807) is 0 Å². The van der Waals surface area contributed by atoms with Crippen LogP contribution in [0.4, 0.5) is 0 Å². The number of rotatable bonds is 10. The number of nitrogens with one attached hydrogen (secondary N) is 1. The minimum absolute atomic E-state index is 0.0580. The lowest BCUT2D eigenvalue weighted by atomic mass is 9.51. The van der Waals surface area contributed by atoms with Crippen LogP contribution in [0, 0.1) is 5.92 Å². The van der Waals surface area contributed by atoms with Crippen LogP contribution in [0.15, 0.2) is 48.9 Å². The van der Waals surface area contributed by atoms with Crippen molar-refractivity contribution in [2.75, 3.05) is 13.7 Å². The molecular weight excluding hydrogens is 471 g/mol. The Morgan fingerprint density at radius 3 is 2.57 bits per heavy atom. The normalized spacial score (nSPS) is 28.4. The number of quaternary nitrogens is 1. The Hall–Kier alpha value is -3.11. The summed E-state index contributed by atoms with van der Waals surface area (Å²) >= 11 is 0. The molecule has 198 valence electrons. The summed E-state index contributed by atoms with van der Waals surface area (Å²) in [5, 5.41) is 2.89. The van der Waals surface area contributed by atoms with E-state index in [4.69, 9.17) is 9.31 Å². The van der Waals surface area contributed by atoms with Crippen LogP contribution in [0.5, 0.6) is 0 Å². The van der Waals surface area contributed by atoms with Crippen molar-refractivity contribution in [3.63, 3.8) is 0 Å². The number of amides is 1. The van der Waals surface area contributed by atoms with Crippen molar-refractivity contribution in [1.29, 1.82) is 0 Å². The van der Waals surface area contributed by atoms with Crippen molar-refractivity contribution in [2.24, 2.45) is 5.92 Å². The number of Topliss-reactive ketones (excluding diaryl/α,β-unsaturated/α-hetero) is 1. The van der Waals surface area contributed by atoms with Crippen molar-refractivity contribution in [3.8, 4) is 0 Å². The number of likely N-dealkylation sites (N-methyl/N-ethyl adjacent to an activating group) is 1. The lowest BCUT2D eigenvalue weighted by Gasteiger charge is -2.51. The van der Waals surface area contributed by atoms with E-state index in [9.17, 15) is 14.4 Å². The van der Waals surface area contributed by atoms with Crippen LogP contribution in [0.2, 0.25) is 5.82 Å². The lowest BCUT2D eigenvalue weighted by molar-refractivity contribution is -0.844. The topological polar surface area (TPSA) is 107 Å². The number of hydrogen-bond acceptors (Lipinski definition) is 7. The summed E-state index contributed by atoms with van der Waals surface area (Å²) in [5.41, 5.74) is 1.07. The molecule has 0 aliphatic carbocycles. The first-order valence-corrected chi connectivity index (χ1v) is 13.1. The Balaban J connectivity index is 1.64. The zero-order chi connectivity index (χ0) is 26.8. The molecule has 10 heteroatoms. The van der Waals surface area contributed by atoms with Crippen molar-refractivity contribution in [3.05, 3.63) is 60.2 Å². The van der Waals surface area contributed by atoms with Crippen LogP contribution in [-0.4, -0.2) is 70.5 Å². The van der Waals surface area contributed by atoms with Gasteiger partial charge in [0.05, 0.1) is 24.9 Å². The van der Waals surface area contributed by atoms with Gasteiger partial charge in [0.15, 0.2) is 5.78 Å². The molecule has 9 nitrogen and oxygen atoms in total. The lowest BCUT2D eigenvalue weighted by Crippen LogP contribution is -2.68. The van der Waals surface area contributed by atoms with Gasteiger partial charge in [-0.3, -0.25) is 14.6 Å². The first kappa shape index (κ1) is 26.9. The number of fused-ring (bicyclic) bond motifs is 1. The van der Waals surface area contributed by atoms with Crippen LogP contribution in [0.1, 0.15) is 56.6 Å². The van der Waals surface area contributed by atoms with Gasteiger partial charge in [0.2, 0.25) is 0 Å². The van der Waals surface area contributed by atoms with Crippen LogP contribution in [-0.2, 0) is 25.3 Å². The highest BCUT2D eigenvalue weighted by molar-refractivity contribution is 6.65. The number of benzene rings is 1. The van der Waals surface area contributed by atoms with Gasteiger partial charge in [0.1, 0.15) is 11.7 Å². The molecule has 0 bridgehead atoms. The van der Waals surface area contributed by atoms with Crippen LogP contribution in [0.3, 0.4) is 0 Å². The highest BCUT2D eigenvalue weighted by atomic mass is 16.7. The van der Waals surface area contributed by atoms with Crippen LogP contribution >= 0.6 is 0 Å². The second kappa shape index (κ2) is 10.7. The second-order valence-electron chi connectivity index (χ2n) is 11.1. The first-order chi connectivity index (χ1) is 17.6. The molecule has 2 saturated heterocycles. The molecule has 1 N–H and O–H groups in total. The zero-order valence-corrected chi connectivity index (χ0v) is 22.3. The number of ketones is 1. The van der Waals surface area contributed by atoms with E-state index < -0.39 is 18.6 Å².